The van der Waals surface area contributed by atoms with Crippen LogP contribution in [0.15, 0.2) is 72.9 Å². The molecule has 0 amide bonds. The number of anilines is 1. The van der Waals surface area contributed by atoms with Crippen LogP contribution in [0.5, 0.6) is 0 Å². The molecule has 0 fully saturated rings. The first kappa shape index (κ1) is 9.22. The minimum atomic E-state index is 0.392. The fourth-order valence-corrected chi connectivity index (χ4v) is 2.03. The monoisotopic (exact) mass is 207 g/mol. The molecule has 1 heterocycles. The first-order valence-electron chi connectivity index (χ1n) is 5.52. The summed E-state index contributed by atoms with van der Waals surface area (Å²) in [5.41, 5.74) is 2.59. The highest BCUT2D eigenvalue weighted by molar-refractivity contribution is 5.57. The summed E-state index contributed by atoms with van der Waals surface area (Å²) in [4.78, 5) is 2.29. The highest BCUT2D eigenvalue weighted by Crippen LogP contribution is 2.34. The Morgan fingerprint density at radius 2 is 1.38 bits per heavy atom. The van der Waals surface area contributed by atoms with Crippen LogP contribution in [-0.2, 0) is 0 Å². The van der Waals surface area contributed by atoms with Crippen molar-refractivity contribution in [1.29, 1.82) is 0 Å². The van der Waals surface area contributed by atoms with Gasteiger partial charge < -0.3 is 4.90 Å². The summed E-state index contributed by atoms with van der Waals surface area (Å²) in [6, 6.07) is 21.4. The SMILES string of the molecule is C1=CN(c2ccccc2)C1c1ccccc1. The normalized spacial score (nSPS) is 18.2. The Labute approximate surface area is 95.6 Å². The summed E-state index contributed by atoms with van der Waals surface area (Å²) in [6.07, 6.45) is 4.36. The van der Waals surface area contributed by atoms with E-state index in [0.717, 1.165) is 0 Å². The van der Waals surface area contributed by atoms with E-state index in [1.165, 1.54) is 11.3 Å². The zero-order valence-corrected chi connectivity index (χ0v) is 8.95. The molecule has 1 aliphatic rings. The van der Waals surface area contributed by atoms with Gasteiger partial charge in [-0.2, -0.15) is 0 Å². The lowest BCUT2D eigenvalue weighted by molar-refractivity contribution is 0.778. The number of para-hydroxylation sites is 1. The summed E-state index contributed by atoms with van der Waals surface area (Å²) in [7, 11) is 0. The average Bonchev–Trinajstić information content (AvgIpc) is 2.30. The minimum Gasteiger partial charge on any atom is -0.337 e. The van der Waals surface area contributed by atoms with E-state index in [1.807, 2.05) is 6.07 Å². The molecule has 0 radical (unpaired) electrons. The molecular formula is C15H13N. The second-order valence-corrected chi connectivity index (χ2v) is 3.94. The van der Waals surface area contributed by atoms with Gasteiger partial charge in [0.2, 0.25) is 0 Å². The van der Waals surface area contributed by atoms with Crippen LogP contribution in [0.2, 0.25) is 0 Å². The van der Waals surface area contributed by atoms with Gasteiger partial charge in [-0.25, -0.2) is 0 Å². The van der Waals surface area contributed by atoms with E-state index in [1.54, 1.807) is 0 Å². The van der Waals surface area contributed by atoms with Crippen LogP contribution in [0.25, 0.3) is 0 Å². The van der Waals surface area contributed by atoms with E-state index in [2.05, 4.69) is 71.8 Å². The van der Waals surface area contributed by atoms with E-state index in [4.69, 9.17) is 0 Å². The second-order valence-electron chi connectivity index (χ2n) is 3.94. The van der Waals surface area contributed by atoms with Crippen molar-refractivity contribution < 1.29 is 0 Å². The van der Waals surface area contributed by atoms with Crippen LogP contribution in [0.3, 0.4) is 0 Å². The van der Waals surface area contributed by atoms with Gasteiger partial charge in [0.05, 0.1) is 6.04 Å². The van der Waals surface area contributed by atoms with Gasteiger partial charge in [0, 0.05) is 11.9 Å². The zero-order chi connectivity index (χ0) is 10.8. The number of rotatable bonds is 2. The third-order valence-corrected chi connectivity index (χ3v) is 2.92. The van der Waals surface area contributed by atoms with Crippen LogP contribution in [0, 0.1) is 0 Å². The van der Waals surface area contributed by atoms with Crippen molar-refractivity contribution in [2.45, 2.75) is 6.04 Å². The van der Waals surface area contributed by atoms with E-state index in [0.29, 0.717) is 6.04 Å². The number of hydrogen-bond donors (Lipinski definition) is 0. The fraction of sp³-hybridized carbons (Fsp3) is 0.0667. The molecular weight excluding hydrogens is 194 g/mol. The lowest BCUT2D eigenvalue weighted by Crippen LogP contribution is -2.28. The predicted octanol–water partition coefficient (Wildman–Crippen LogP) is 3.76. The van der Waals surface area contributed by atoms with Gasteiger partial charge >= 0.3 is 0 Å². The van der Waals surface area contributed by atoms with Crippen molar-refractivity contribution >= 4 is 5.69 Å². The molecule has 0 spiro atoms. The third-order valence-electron chi connectivity index (χ3n) is 2.92. The summed E-state index contributed by atoms with van der Waals surface area (Å²) in [5.74, 6) is 0. The Bertz CT molecular complexity index is 440. The van der Waals surface area contributed by atoms with Crippen LogP contribution in [0.1, 0.15) is 11.6 Å². The van der Waals surface area contributed by atoms with Crippen LogP contribution >= 0.6 is 0 Å². The van der Waals surface area contributed by atoms with E-state index < -0.39 is 0 Å². The average molecular weight is 207 g/mol. The molecule has 0 bridgehead atoms. The molecule has 3 rings (SSSR count). The first-order chi connectivity index (χ1) is 7.95. The van der Waals surface area contributed by atoms with Gasteiger partial charge in [-0.3, -0.25) is 0 Å². The molecule has 1 atom stereocenters. The maximum absolute atomic E-state index is 2.29. The third kappa shape index (κ3) is 1.50. The quantitative estimate of drug-likeness (QED) is 0.724. The number of hydrogen-bond acceptors (Lipinski definition) is 1. The fourth-order valence-electron chi connectivity index (χ4n) is 2.03. The maximum atomic E-state index is 2.29. The van der Waals surface area contributed by atoms with Crippen molar-refractivity contribution in [3.63, 3.8) is 0 Å². The van der Waals surface area contributed by atoms with E-state index >= 15 is 0 Å². The Kier molecular flexibility index (Phi) is 2.22. The van der Waals surface area contributed by atoms with E-state index in [-0.39, 0.29) is 0 Å². The molecule has 1 aliphatic heterocycles. The molecule has 0 saturated heterocycles. The van der Waals surface area contributed by atoms with Crippen LogP contribution in [-0.4, -0.2) is 0 Å². The molecule has 2 aromatic carbocycles. The maximum Gasteiger partial charge on any atom is 0.0786 e. The lowest BCUT2D eigenvalue weighted by Gasteiger charge is -2.36. The Hall–Kier alpha value is -2.02. The van der Waals surface area contributed by atoms with Gasteiger partial charge in [-0.05, 0) is 23.8 Å². The molecule has 1 unspecified atom stereocenters. The van der Waals surface area contributed by atoms with Gasteiger partial charge in [0.1, 0.15) is 0 Å². The summed E-state index contributed by atoms with van der Waals surface area (Å²) < 4.78 is 0. The van der Waals surface area contributed by atoms with Crippen molar-refractivity contribution in [3.8, 4) is 0 Å². The standard InChI is InChI=1S/C15H13N/c1-3-7-13(8-4-1)15-11-12-16(15)14-9-5-2-6-10-14/h1-12,15H. The highest BCUT2D eigenvalue weighted by atomic mass is 15.2. The Balaban J connectivity index is 1.89. The van der Waals surface area contributed by atoms with Crippen molar-refractivity contribution in [3.05, 3.63) is 78.5 Å². The van der Waals surface area contributed by atoms with E-state index in [9.17, 15) is 0 Å². The zero-order valence-electron chi connectivity index (χ0n) is 8.95. The molecule has 0 aliphatic carbocycles. The van der Waals surface area contributed by atoms with Gasteiger partial charge in [0.25, 0.3) is 0 Å². The summed E-state index contributed by atoms with van der Waals surface area (Å²) in [6.45, 7) is 0. The summed E-state index contributed by atoms with van der Waals surface area (Å²) in [5, 5.41) is 0. The largest absolute Gasteiger partial charge is 0.337 e. The topological polar surface area (TPSA) is 3.24 Å². The molecule has 2 aromatic rings. The summed E-state index contributed by atoms with van der Waals surface area (Å²) >= 11 is 0. The molecule has 16 heavy (non-hydrogen) atoms. The smallest absolute Gasteiger partial charge is 0.0786 e. The first-order valence-corrected chi connectivity index (χ1v) is 5.52. The van der Waals surface area contributed by atoms with Gasteiger partial charge in [-0.1, -0.05) is 48.5 Å². The molecule has 1 nitrogen and oxygen atoms in total. The Morgan fingerprint density at radius 1 is 0.750 bits per heavy atom. The van der Waals surface area contributed by atoms with Gasteiger partial charge in [0.15, 0.2) is 0 Å². The lowest BCUT2D eigenvalue weighted by atomic mass is 10.0. The van der Waals surface area contributed by atoms with Crippen molar-refractivity contribution in [1.82, 2.24) is 0 Å². The van der Waals surface area contributed by atoms with Crippen LogP contribution < -0.4 is 4.90 Å². The van der Waals surface area contributed by atoms with Crippen molar-refractivity contribution in [2.75, 3.05) is 4.90 Å². The van der Waals surface area contributed by atoms with Crippen LogP contribution in [0.4, 0.5) is 5.69 Å². The molecule has 78 valence electrons. The number of benzene rings is 2. The molecule has 0 aromatic heterocycles. The predicted molar refractivity (Wildman–Crippen MR) is 67.2 cm³/mol. The number of nitrogens with zero attached hydrogens (tertiary/aromatic N) is 1. The van der Waals surface area contributed by atoms with Gasteiger partial charge in [-0.15, -0.1) is 0 Å². The Morgan fingerprint density at radius 3 is 1.94 bits per heavy atom. The molecule has 1 heteroatoms. The minimum absolute atomic E-state index is 0.392. The molecule has 0 saturated carbocycles. The highest BCUT2D eigenvalue weighted by Gasteiger charge is 2.22. The second kappa shape index (κ2) is 3.86. The van der Waals surface area contributed by atoms with Crippen molar-refractivity contribution in [2.24, 2.45) is 0 Å². The molecule has 0 N–H and O–H groups in total.